The molecule has 2 N–H and O–H groups in total. The number of aromatic nitrogens is 2. The standard InChI is InChI=1S/C22H18ClF3N4O2.H2/c1-11(2)19-18(28)16(5-6-29-19)31-7-8-32-21-14(25)4-3-13(24)17(21)20-15(26)9-12(10-27)22(23)30-20;/h3-6,9,11H,7-8,28H2,1-2H3;1H. The Morgan fingerprint density at radius 1 is 1.12 bits per heavy atom. The third-order valence-electron chi connectivity index (χ3n) is 4.46. The van der Waals surface area contributed by atoms with E-state index in [0.29, 0.717) is 17.1 Å². The Labute approximate surface area is 188 Å². The highest BCUT2D eigenvalue weighted by molar-refractivity contribution is 6.30. The summed E-state index contributed by atoms with van der Waals surface area (Å²) in [7, 11) is 0. The van der Waals surface area contributed by atoms with Gasteiger partial charge in [0.1, 0.15) is 41.7 Å². The zero-order valence-corrected chi connectivity index (χ0v) is 17.9. The van der Waals surface area contributed by atoms with Gasteiger partial charge in [-0.1, -0.05) is 25.4 Å². The van der Waals surface area contributed by atoms with Crippen LogP contribution in [0.3, 0.4) is 0 Å². The smallest absolute Gasteiger partial charge is 0.167 e. The first kappa shape index (κ1) is 23.2. The zero-order chi connectivity index (χ0) is 23.4. The normalized spacial score (nSPS) is 10.8. The van der Waals surface area contributed by atoms with Crippen molar-refractivity contribution < 1.29 is 24.1 Å². The molecule has 3 rings (SSSR count). The number of nitrogens with two attached hydrogens (primary N) is 1. The molecule has 0 saturated carbocycles. The summed E-state index contributed by atoms with van der Waals surface area (Å²) in [4.78, 5) is 7.92. The molecule has 0 unspecified atom stereocenters. The molecule has 0 aliphatic heterocycles. The summed E-state index contributed by atoms with van der Waals surface area (Å²) in [6, 6.07) is 5.69. The van der Waals surface area contributed by atoms with Crippen LogP contribution in [0, 0.1) is 28.8 Å². The fourth-order valence-corrected chi connectivity index (χ4v) is 3.15. The molecule has 0 amide bonds. The lowest BCUT2D eigenvalue weighted by molar-refractivity contribution is 0.212. The van der Waals surface area contributed by atoms with Crippen LogP contribution in [0.4, 0.5) is 18.9 Å². The number of hydrogen-bond acceptors (Lipinski definition) is 6. The van der Waals surface area contributed by atoms with Gasteiger partial charge >= 0.3 is 0 Å². The van der Waals surface area contributed by atoms with Gasteiger partial charge in [0.05, 0.1) is 22.5 Å². The van der Waals surface area contributed by atoms with Crippen LogP contribution >= 0.6 is 11.6 Å². The summed E-state index contributed by atoms with van der Waals surface area (Å²) in [6.07, 6.45) is 1.55. The van der Waals surface area contributed by atoms with E-state index in [0.717, 1.165) is 18.2 Å². The molecule has 2 aromatic heterocycles. The highest BCUT2D eigenvalue weighted by atomic mass is 35.5. The van der Waals surface area contributed by atoms with Gasteiger partial charge in [-0.25, -0.2) is 18.2 Å². The molecule has 0 bridgehead atoms. The van der Waals surface area contributed by atoms with Crippen LogP contribution in [-0.2, 0) is 0 Å². The van der Waals surface area contributed by atoms with E-state index in [-0.39, 0.29) is 31.3 Å². The van der Waals surface area contributed by atoms with Gasteiger partial charge in [0.2, 0.25) is 0 Å². The Bertz CT molecular complexity index is 1210. The summed E-state index contributed by atoms with van der Waals surface area (Å²) in [5.41, 5.74) is 5.72. The van der Waals surface area contributed by atoms with Gasteiger partial charge in [0.25, 0.3) is 0 Å². The molecule has 3 aromatic rings. The quantitative estimate of drug-likeness (QED) is 0.366. The van der Waals surface area contributed by atoms with E-state index in [1.54, 1.807) is 18.3 Å². The van der Waals surface area contributed by atoms with Crippen LogP contribution in [0.1, 0.15) is 32.4 Å². The number of nitriles is 1. The molecular formula is C22H20ClF3N4O2. The molecule has 0 atom stereocenters. The molecule has 10 heteroatoms. The Morgan fingerprint density at radius 2 is 1.81 bits per heavy atom. The molecule has 0 fully saturated rings. The summed E-state index contributed by atoms with van der Waals surface area (Å²) in [5.74, 6) is -3.07. The lowest BCUT2D eigenvalue weighted by Crippen LogP contribution is -2.13. The Hall–Kier alpha value is -3.51. The number of halogens is 4. The molecule has 0 saturated heterocycles. The summed E-state index contributed by atoms with van der Waals surface area (Å²) in [5, 5.41) is 8.58. The highest BCUT2D eigenvalue weighted by Gasteiger charge is 2.23. The second-order valence-electron chi connectivity index (χ2n) is 6.96. The molecule has 6 nitrogen and oxygen atoms in total. The Balaban J connectivity index is 0.00000385. The predicted molar refractivity (Wildman–Crippen MR) is 115 cm³/mol. The monoisotopic (exact) mass is 464 g/mol. The topological polar surface area (TPSA) is 94.0 Å². The van der Waals surface area contributed by atoms with E-state index < -0.39 is 34.5 Å². The van der Waals surface area contributed by atoms with E-state index in [2.05, 4.69) is 9.97 Å². The number of nitrogen functional groups attached to an aromatic ring is 1. The molecule has 0 aliphatic rings. The van der Waals surface area contributed by atoms with Crippen LogP contribution in [0.15, 0.2) is 30.5 Å². The number of pyridine rings is 2. The van der Waals surface area contributed by atoms with Gasteiger partial charge in [-0.3, -0.25) is 4.98 Å². The SMILES string of the molecule is CC(C)c1nccc(OCCOc2c(F)ccc(F)c2-c2nc(Cl)c(C#N)cc2F)c1N.[HH]. The maximum absolute atomic E-state index is 14.5. The minimum absolute atomic E-state index is 0. The first-order valence-corrected chi connectivity index (χ1v) is 9.86. The van der Waals surface area contributed by atoms with Crippen molar-refractivity contribution in [3.63, 3.8) is 0 Å². The third kappa shape index (κ3) is 4.70. The Kier molecular flexibility index (Phi) is 7.05. The van der Waals surface area contributed by atoms with Crippen LogP contribution in [0.25, 0.3) is 11.3 Å². The molecule has 0 radical (unpaired) electrons. The first-order valence-electron chi connectivity index (χ1n) is 9.49. The average molecular weight is 465 g/mol. The van der Waals surface area contributed by atoms with Gasteiger partial charge in [-0.05, 0) is 24.1 Å². The first-order chi connectivity index (χ1) is 15.2. The zero-order valence-electron chi connectivity index (χ0n) is 17.1. The van der Waals surface area contributed by atoms with Gasteiger partial charge in [-0.15, -0.1) is 0 Å². The van der Waals surface area contributed by atoms with E-state index in [1.807, 2.05) is 13.8 Å². The maximum Gasteiger partial charge on any atom is 0.167 e. The van der Waals surface area contributed by atoms with Crippen LogP contribution in [0.5, 0.6) is 11.5 Å². The second-order valence-corrected chi connectivity index (χ2v) is 7.32. The van der Waals surface area contributed by atoms with E-state index in [1.165, 1.54) is 0 Å². The average Bonchev–Trinajstić information content (AvgIpc) is 2.75. The molecule has 2 heterocycles. The van der Waals surface area contributed by atoms with Crippen molar-refractivity contribution in [2.24, 2.45) is 0 Å². The van der Waals surface area contributed by atoms with Crippen LogP contribution in [-0.4, -0.2) is 23.2 Å². The van der Waals surface area contributed by atoms with Gasteiger partial charge in [-0.2, -0.15) is 5.26 Å². The molecule has 1 aromatic carbocycles. The van der Waals surface area contributed by atoms with E-state index >= 15 is 0 Å². The van der Waals surface area contributed by atoms with Crippen molar-refractivity contribution >= 4 is 17.3 Å². The van der Waals surface area contributed by atoms with Crippen LogP contribution in [0.2, 0.25) is 5.15 Å². The summed E-state index contributed by atoms with van der Waals surface area (Å²) in [6.45, 7) is 3.59. The van der Waals surface area contributed by atoms with Crippen LogP contribution < -0.4 is 15.2 Å². The fraction of sp³-hybridized carbons (Fsp3) is 0.227. The van der Waals surface area contributed by atoms with Gasteiger partial charge < -0.3 is 15.2 Å². The van der Waals surface area contributed by atoms with Gasteiger partial charge in [0.15, 0.2) is 17.4 Å². The molecule has 0 aliphatic carbocycles. The summed E-state index contributed by atoms with van der Waals surface area (Å²) < 4.78 is 54.5. The second kappa shape index (κ2) is 9.75. The van der Waals surface area contributed by atoms with Crippen molar-refractivity contribution in [3.05, 3.63) is 64.3 Å². The van der Waals surface area contributed by atoms with Crippen molar-refractivity contribution in [1.29, 1.82) is 5.26 Å². The summed E-state index contributed by atoms with van der Waals surface area (Å²) >= 11 is 5.85. The number of ether oxygens (including phenoxy) is 2. The third-order valence-corrected chi connectivity index (χ3v) is 4.75. The molecule has 32 heavy (non-hydrogen) atoms. The maximum atomic E-state index is 14.5. The van der Waals surface area contributed by atoms with Crippen molar-refractivity contribution in [3.8, 4) is 28.8 Å². The van der Waals surface area contributed by atoms with Crippen molar-refractivity contribution in [2.45, 2.75) is 19.8 Å². The minimum Gasteiger partial charge on any atom is -0.488 e. The lowest BCUT2D eigenvalue weighted by atomic mass is 10.1. The largest absolute Gasteiger partial charge is 0.488 e. The molecule has 168 valence electrons. The van der Waals surface area contributed by atoms with Crippen molar-refractivity contribution in [1.82, 2.24) is 9.97 Å². The minimum atomic E-state index is -1.05. The number of rotatable bonds is 7. The number of anilines is 1. The van der Waals surface area contributed by atoms with E-state index in [4.69, 9.17) is 32.1 Å². The van der Waals surface area contributed by atoms with Gasteiger partial charge in [0, 0.05) is 13.7 Å². The number of nitrogens with zero attached hydrogens (tertiary/aromatic N) is 3. The highest BCUT2D eigenvalue weighted by Crippen LogP contribution is 2.37. The predicted octanol–water partition coefficient (Wildman–Crippen LogP) is 5.50. The fourth-order valence-electron chi connectivity index (χ4n) is 2.97. The van der Waals surface area contributed by atoms with E-state index in [9.17, 15) is 13.2 Å². The number of hydrogen-bond donors (Lipinski definition) is 1. The number of benzene rings is 1. The lowest BCUT2D eigenvalue weighted by Gasteiger charge is -2.16. The Morgan fingerprint density at radius 3 is 2.50 bits per heavy atom. The van der Waals surface area contributed by atoms with Crippen molar-refractivity contribution in [2.75, 3.05) is 18.9 Å². The molecule has 0 spiro atoms. The molecular weight excluding hydrogens is 445 g/mol.